The minimum absolute atomic E-state index is 0.0622. The van der Waals surface area contributed by atoms with Gasteiger partial charge < -0.3 is 20.5 Å². The van der Waals surface area contributed by atoms with Crippen LogP contribution in [0.4, 0.5) is 0 Å². The highest BCUT2D eigenvalue weighted by atomic mass is 16.5. The molecule has 7 heteroatoms. The summed E-state index contributed by atoms with van der Waals surface area (Å²) in [6.07, 6.45) is 1.48. The van der Waals surface area contributed by atoms with Gasteiger partial charge in [0.2, 0.25) is 0 Å². The Balaban J connectivity index is 2.28. The smallest absolute Gasteiger partial charge is 0.325 e. The number of amides is 2. The first kappa shape index (κ1) is 21.7. The number of ether oxygens (including phenoxy) is 1. The molecule has 1 unspecified atom stereocenters. The zero-order chi connectivity index (χ0) is 21.4. The molecule has 0 aromatic heterocycles. The molecule has 3 N–H and O–H groups in total. The van der Waals surface area contributed by atoms with Crippen LogP contribution >= 0.6 is 0 Å². The van der Waals surface area contributed by atoms with Crippen molar-refractivity contribution in [2.24, 2.45) is 0 Å². The number of carbonyl (C=O) groups excluding carboxylic acids is 2. The number of carboxylic acid groups (broad SMARTS) is 1. The number of nitrogens with one attached hydrogen (secondary N) is 2. The van der Waals surface area contributed by atoms with E-state index in [-0.39, 0.29) is 5.70 Å². The SMILES string of the molecule is CCOc1ccc(C=C(NC(=O)c2ccc(C)cc2)C(=O)NC(C)C(=O)O)cc1. The third kappa shape index (κ3) is 6.49. The van der Waals surface area contributed by atoms with Gasteiger partial charge in [0.25, 0.3) is 11.8 Å². The van der Waals surface area contributed by atoms with E-state index in [2.05, 4.69) is 10.6 Å². The van der Waals surface area contributed by atoms with Crippen molar-refractivity contribution >= 4 is 23.9 Å². The Hall–Kier alpha value is -3.61. The lowest BCUT2D eigenvalue weighted by Crippen LogP contribution is -2.42. The van der Waals surface area contributed by atoms with Gasteiger partial charge in [0, 0.05) is 5.56 Å². The fourth-order valence-corrected chi connectivity index (χ4v) is 2.39. The molecule has 29 heavy (non-hydrogen) atoms. The fourth-order valence-electron chi connectivity index (χ4n) is 2.39. The molecule has 0 fully saturated rings. The Morgan fingerprint density at radius 2 is 1.69 bits per heavy atom. The topological polar surface area (TPSA) is 105 Å². The molecular formula is C22H24N2O5. The van der Waals surface area contributed by atoms with Crippen LogP contribution in [0.5, 0.6) is 5.75 Å². The molecule has 0 aliphatic rings. The zero-order valence-corrected chi connectivity index (χ0v) is 16.6. The lowest BCUT2D eigenvalue weighted by atomic mass is 10.1. The molecule has 0 aliphatic heterocycles. The first-order chi connectivity index (χ1) is 13.8. The van der Waals surface area contributed by atoms with E-state index < -0.39 is 23.8 Å². The zero-order valence-electron chi connectivity index (χ0n) is 16.6. The van der Waals surface area contributed by atoms with E-state index in [0.29, 0.717) is 23.5 Å². The molecule has 2 aromatic rings. The van der Waals surface area contributed by atoms with Gasteiger partial charge in [0.15, 0.2) is 0 Å². The quantitative estimate of drug-likeness (QED) is 0.595. The van der Waals surface area contributed by atoms with Gasteiger partial charge in [-0.05, 0) is 56.7 Å². The third-order valence-corrected chi connectivity index (χ3v) is 4.03. The van der Waals surface area contributed by atoms with Gasteiger partial charge in [0.1, 0.15) is 17.5 Å². The highest BCUT2D eigenvalue weighted by Gasteiger charge is 2.19. The first-order valence-electron chi connectivity index (χ1n) is 9.16. The number of hydrogen-bond acceptors (Lipinski definition) is 4. The van der Waals surface area contributed by atoms with E-state index in [1.165, 1.54) is 13.0 Å². The summed E-state index contributed by atoms with van der Waals surface area (Å²) in [5.41, 5.74) is 1.96. The number of carboxylic acids is 1. The molecule has 0 aliphatic carbocycles. The number of benzene rings is 2. The van der Waals surface area contributed by atoms with Crippen molar-refractivity contribution in [2.45, 2.75) is 26.8 Å². The fraction of sp³-hybridized carbons (Fsp3) is 0.227. The number of carbonyl (C=O) groups is 3. The molecule has 0 radical (unpaired) electrons. The Labute approximate surface area is 169 Å². The van der Waals surface area contributed by atoms with Gasteiger partial charge in [-0.2, -0.15) is 0 Å². The van der Waals surface area contributed by atoms with Crippen LogP contribution in [0.25, 0.3) is 6.08 Å². The van der Waals surface area contributed by atoms with Crippen LogP contribution in [0.15, 0.2) is 54.2 Å². The van der Waals surface area contributed by atoms with Gasteiger partial charge in [0.05, 0.1) is 6.61 Å². The van der Waals surface area contributed by atoms with Crippen molar-refractivity contribution in [3.63, 3.8) is 0 Å². The predicted molar refractivity (Wildman–Crippen MR) is 109 cm³/mol. The Kier molecular flexibility index (Phi) is 7.54. The van der Waals surface area contributed by atoms with Crippen molar-refractivity contribution in [3.8, 4) is 5.75 Å². The molecule has 7 nitrogen and oxygen atoms in total. The summed E-state index contributed by atoms with van der Waals surface area (Å²) in [6.45, 7) is 5.65. The van der Waals surface area contributed by atoms with Crippen LogP contribution in [0.1, 0.15) is 35.3 Å². The average Bonchev–Trinajstić information content (AvgIpc) is 2.69. The molecule has 2 rings (SSSR count). The van der Waals surface area contributed by atoms with Crippen molar-refractivity contribution in [2.75, 3.05) is 6.61 Å². The summed E-state index contributed by atoms with van der Waals surface area (Å²) >= 11 is 0. The van der Waals surface area contributed by atoms with Gasteiger partial charge in [-0.25, -0.2) is 0 Å². The number of aryl methyl sites for hydroxylation is 1. The van der Waals surface area contributed by atoms with Crippen molar-refractivity contribution < 1.29 is 24.2 Å². The maximum atomic E-state index is 12.6. The van der Waals surface area contributed by atoms with Crippen molar-refractivity contribution in [3.05, 3.63) is 70.9 Å². The average molecular weight is 396 g/mol. The molecule has 0 bridgehead atoms. The number of hydrogen-bond donors (Lipinski definition) is 3. The summed E-state index contributed by atoms with van der Waals surface area (Å²) in [6, 6.07) is 12.7. The van der Waals surface area contributed by atoms with E-state index in [4.69, 9.17) is 9.84 Å². The first-order valence-corrected chi connectivity index (χ1v) is 9.16. The second kappa shape index (κ2) is 10.1. The molecule has 0 spiro atoms. The summed E-state index contributed by atoms with van der Waals surface area (Å²) in [5, 5.41) is 14.0. The second-order valence-corrected chi connectivity index (χ2v) is 6.41. The van der Waals surface area contributed by atoms with Crippen LogP contribution < -0.4 is 15.4 Å². The minimum atomic E-state index is -1.18. The van der Waals surface area contributed by atoms with Gasteiger partial charge in [-0.1, -0.05) is 29.8 Å². The summed E-state index contributed by atoms with van der Waals surface area (Å²) in [4.78, 5) is 36.2. The standard InChI is InChI=1S/C22H24N2O5/c1-4-29-18-11-7-16(8-12-18)13-19(21(26)23-15(3)22(27)28)24-20(25)17-9-5-14(2)6-10-17/h5-13,15H,4H2,1-3H3,(H,23,26)(H,24,25)(H,27,28). The third-order valence-electron chi connectivity index (χ3n) is 4.03. The summed E-state index contributed by atoms with van der Waals surface area (Å²) in [7, 11) is 0. The molecule has 2 amide bonds. The maximum Gasteiger partial charge on any atom is 0.325 e. The van der Waals surface area contributed by atoms with Crippen molar-refractivity contribution in [1.29, 1.82) is 0 Å². The van der Waals surface area contributed by atoms with E-state index in [1.807, 2.05) is 13.8 Å². The molecular weight excluding hydrogens is 372 g/mol. The van der Waals surface area contributed by atoms with Gasteiger partial charge in [-0.15, -0.1) is 0 Å². The minimum Gasteiger partial charge on any atom is -0.494 e. The second-order valence-electron chi connectivity index (χ2n) is 6.41. The number of rotatable bonds is 8. The Bertz CT molecular complexity index is 902. The van der Waals surface area contributed by atoms with Gasteiger partial charge >= 0.3 is 5.97 Å². The summed E-state index contributed by atoms with van der Waals surface area (Å²) < 4.78 is 5.39. The van der Waals surface area contributed by atoms with Crippen molar-refractivity contribution in [1.82, 2.24) is 10.6 Å². The molecule has 0 heterocycles. The molecule has 1 atom stereocenters. The Morgan fingerprint density at radius 3 is 2.24 bits per heavy atom. The lowest BCUT2D eigenvalue weighted by Gasteiger charge is -2.14. The van der Waals surface area contributed by atoms with E-state index >= 15 is 0 Å². The summed E-state index contributed by atoms with van der Waals surface area (Å²) in [5.74, 6) is -1.67. The maximum absolute atomic E-state index is 12.6. The predicted octanol–water partition coefficient (Wildman–Crippen LogP) is 2.75. The van der Waals surface area contributed by atoms with Crippen LogP contribution in [0.2, 0.25) is 0 Å². The molecule has 0 saturated heterocycles. The largest absolute Gasteiger partial charge is 0.494 e. The van der Waals surface area contributed by atoms with E-state index in [0.717, 1.165) is 5.56 Å². The van der Waals surface area contributed by atoms with Crippen LogP contribution in [-0.2, 0) is 9.59 Å². The van der Waals surface area contributed by atoms with E-state index in [1.54, 1.807) is 48.5 Å². The Morgan fingerprint density at radius 1 is 1.07 bits per heavy atom. The highest BCUT2D eigenvalue weighted by Crippen LogP contribution is 2.15. The molecule has 0 saturated carbocycles. The normalized spacial score (nSPS) is 12.0. The molecule has 2 aromatic carbocycles. The number of aliphatic carboxylic acids is 1. The molecule has 152 valence electrons. The van der Waals surface area contributed by atoms with Crippen LogP contribution in [-0.4, -0.2) is 35.5 Å². The van der Waals surface area contributed by atoms with Crippen LogP contribution in [0, 0.1) is 6.92 Å². The monoisotopic (exact) mass is 396 g/mol. The lowest BCUT2D eigenvalue weighted by molar-refractivity contribution is -0.140. The van der Waals surface area contributed by atoms with Crippen LogP contribution in [0.3, 0.4) is 0 Å². The van der Waals surface area contributed by atoms with E-state index in [9.17, 15) is 14.4 Å². The van der Waals surface area contributed by atoms with Gasteiger partial charge in [-0.3, -0.25) is 14.4 Å². The highest BCUT2D eigenvalue weighted by molar-refractivity contribution is 6.06.